The van der Waals surface area contributed by atoms with E-state index in [-0.39, 0.29) is 44.1 Å². The van der Waals surface area contributed by atoms with Crippen LogP contribution in [0.5, 0.6) is 0 Å². The van der Waals surface area contributed by atoms with E-state index in [1.54, 1.807) is 45.9 Å². The van der Waals surface area contributed by atoms with Crippen LogP contribution in [0.1, 0.15) is 106 Å². The molecule has 5 heterocycles. The second-order valence-corrected chi connectivity index (χ2v) is 18.2. The van der Waals surface area contributed by atoms with Crippen molar-refractivity contribution in [3.05, 3.63) is 59.8 Å². The highest BCUT2D eigenvalue weighted by molar-refractivity contribution is 5.87. The lowest BCUT2D eigenvalue weighted by atomic mass is 9.70. The number of methoxy groups -OCH3 is 1. The molecular formula is C46H64O17. The number of allylic oxidation sites excluding steroid dienone is 3. The highest BCUT2D eigenvalue weighted by Crippen LogP contribution is 2.51. The van der Waals surface area contributed by atoms with Gasteiger partial charge in [-0.2, -0.15) is 0 Å². The molecule has 3 saturated heterocycles. The fourth-order valence-corrected chi connectivity index (χ4v) is 8.79. The highest BCUT2D eigenvalue weighted by atomic mass is 16.7. The number of ether oxygens (including phenoxy) is 8. The van der Waals surface area contributed by atoms with Crippen LogP contribution in [0, 0.1) is 10.8 Å². The molecule has 12 atom stereocenters. The zero-order valence-corrected chi connectivity index (χ0v) is 37.4. The van der Waals surface area contributed by atoms with Gasteiger partial charge in [-0.3, -0.25) is 9.59 Å². The first-order valence-electron chi connectivity index (χ1n) is 21.6. The number of aliphatic hydroxyl groups excluding tert-OH is 2. The fourth-order valence-electron chi connectivity index (χ4n) is 8.79. The summed E-state index contributed by atoms with van der Waals surface area (Å²) in [5, 5.41) is 47.5. The molecule has 0 aromatic heterocycles. The van der Waals surface area contributed by atoms with Crippen molar-refractivity contribution in [1.29, 1.82) is 0 Å². The first-order chi connectivity index (χ1) is 29.5. The standard InChI is InChI=1S/C46H64O17/c1-9-10-11-12-13-14-37(50)61-42-33-23-40(53)60-41(33)35-24-34(26(2)47)59-39(52)21-29(49)20-31-22-36(57-27(3)48)44(6,7)45(54,62-31)25-32-18-28(19-38(51)56-8)17-30(58-32)15-16-43(4,5)46(42,55)63-35/h11-16,19,23,26,29-32,34-36,41-42,47,49,54-55H,9-10,17-18,20-22,24-25H2,1-8H3/b12-11+,14-13+,16-15-,28-19+/t26-,29-,30+,31-,32+,34-,35-,36+,41+,42-,45+,46-/m1/s1. The van der Waals surface area contributed by atoms with Gasteiger partial charge in [0.05, 0.1) is 49.5 Å². The normalized spacial score (nSPS) is 37.5. The summed E-state index contributed by atoms with van der Waals surface area (Å²) in [4.78, 5) is 64.7. The van der Waals surface area contributed by atoms with Crippen LogP contribution in [0.3, 0.4) is 0 Å². The molecule has 4 N–H and O–H groups in total. The third kappa shape index (κ3) is 11.7. The van der Waals surface area contributed by atoms with E-state index in [1.807, 2.05) is 13.0 Å². The van der Waals surface area contributed by atoms with Crippen molar-refractivity contribution in [2.24, 2.45) is 10.8 Å². The summed E-state index contributed by atoms with van der Waals surface area (Å²) in [6.07, 6.45) is 1.01. The minimum atomic E-state index is -2.47. The Hall–Kier alpha value is -4.23. The van der Waals surface area contributed by atoms with Gasteiger partial charge in [0.2, 0.25) is 5.79 Å². The van der Waals surface area contributed by atoms with Gasteiger partial charge >= 0.3 is 29.8 Å². The second kappa shape index (κ2) is 20.3. The summed E-state index contributed by atoms with van der Waals surface area (Å²) >= 11 is 0. The van der Waals surface area contributed by atoms with Crippen LogP contribution in [0.4, 0.5) is 0 Å². The van der Waals surface area contributed by atoms with Crippen molar-refractivity contribution < 1.29 is 82.3 Å². The van der Waals surface area contributed by atoms with Crippen LogP contribution in [-0.4, -0.2) is 130 Å². The number of esters is 5. The number of rotatable bonds is 8. The lowest BCUT2D eigenvalue weighted by Crippen LogP contribution is -2.65. The topological polar surface area (TPSA) is 240 Å². The average molecular weight is 889 g/mol. The number of unbranched alkanes of at least 4 members (excludes halogenated alkanes) is 1. The Balaban J connectivity index is 1.62. The van der Waals surface area contributed by atoms with Crippen LogP contribution in [-0.2, 0) is 61.9 Å². The van der Waals surface area contributed by atoms with Crippen LogP contribution >= 0.6 is 0 Å². The molecule has 63 heavy (non-hydrogen) atoms. The number of hydrogen-bond donors (Lipinski definition) is 4. The Morgan fingerprint density at radius 3 is 2.35 bits per heavy atom. The lowest BCUT2D eigenvalue weighted by molar-refractivity contribution is -0.348. The van der Waals surface area contributed by atoms with Crippen LogP contribution in [0.2, 0.25) is 0 Å². The number of aliphatic hydroxyl groups is 4. The zero-order valence-electron chi connectivity index (χ0n) is 37.4. The van der Waals surface area contributed by atoms with Gasteiger partial charge < -0.3 is 58.3 Å². The van der Waals surface area contributed by atoms with Crippen molar-refractivity contribution in [2.45, 2.75) is 179 Å². The molecule has 0 radical (unpaired) electrons. The molecule has 0 aromatic carbocycles. The number of fused-ring (bicyclic) bond motifs is 8. The molecule has 0 saturated carbocycles. The Morgan fingerprint density at radius 2 is 1.68 bits per heavy atom. The molecule has 0 spiro atoms. The molecule has 350 valence electrons. The maximum atomic E-state index is 13.4. The zero-order chi connectivity index (χ0) is 46.5. The van der Waals surface area contributed by atoms with Crippen molar-refractivity contribution in [1.82, 2.24) is 0 Å². The second-order valence-electron chi connectivity index (χ2n) is 18.2. The molecule has 17 nitrogen and oxygen atoms in total. The Labute approximate surface area is 368 Å². The van der Waals surface area contributed by atoms with E-state index >= 15 is 0 Å². The quantitative estimate of drug-likeness (QED) is 0.0894. The minimum Gasteiger partial charge on any atom is -0.466 e. The Kier molecular flexibility index (Phi) is 16.0. The summed E-state index contributed by atoms with van der Waals surface area (Å²) in [5.41, 5.74) is -2.09. The van der Waals surface area contributed by atoms with Crippen molar-refractivity contribution in [3.8, 4) is 0 Å². The summed E-state index contributed by atoms with van der Waals surface area (Å²) in [7, 11) is 1.24. The maximum absolute atomic E-state index is 13.4. The molecule has 5 aliphatic rings. The molecule has 0 unspecified atom stereocenters. The smallest absolute Gasteiger partial charge is 0.331 e. The highest BCUT2D eigenvalue weighted by Gasteiger charge is 2.63. The van der Waals surface area contributed by atoms with E-state index in [1.165, 1.54) is 33.1 Å². The van der Waals surface area contributed by atoms with E-state index in [2.05, 4.69) is 0 Å². The number of carbonyl (C=O) groups is 5. The molecule has 6 bridgehead atoms. The fraction of sp³-hybridized carbons (Fsp3) is 0.674. The molecule has 0 amide bonds. The molecule has 3 fully saturated rings. The number of hydrogen-bond acceptors (Lipinski definition) is 17. The lowest BCUT2D eigenvalue weighted by Gasteiger charge is -2.53. The summed E-state index contributed by atoms with van der Waals surface area (Å²) in [6, 6.07) is 0. The van der Waals surface area contributed by atoms with Gasteiger partial charge in [-0.1, -0.05) is 77.0 Å². The molecule has 5 rings (SSSR count). The van der Waals surface area contributed by atoms with Gasteiger partial charge in [-0.25, -0.2) is 14.4 Å². The van der Waals surface area contributed by atoms with E-state index in [0.717, 1.165) is 25.0 Å². The first kappa shape index (κ1) is 49.8. The van der Waals surface area contributed by atoms with Crippen LogP contribution in [0.15, 0.2) is 59.8 Å². The van der Waals surface area contributed by atoms with Crippen LogP contribution in [0.25, 0.3) is 0 Å². The van der Waals surface area contributed by atoms with Gasteiger partial charge in [0.25, 0.3) is 0 Å². The van der Waals surface area contributed by atoms with Crippen molar-refractivity contribution in [3.63, 3.8) is 0 Å². The molecule has 5 aliphatic heterocycles. The Morgan fingerprint density at radius 1 is 0.952 bits per heavy atom. The summed E-state index contributed by atoms with van der Waals surface area (Å²) in [5.74, 6) is -8.33. The Bertz CT molecular complexity index is 1860. The van der Waals surface area contributed by atoms with Gasteiger partial charge in [-0.15, -0.1) is 0 Å². The van der Waals surface area contributed by atoms with E-state index in [4.69, 9.17) is 37.9 Å². The molecule has 0 aromatic rings. The summed E-state index contributed by atoms with van der Waals surface area (Å²) < 4.78 is 47.3. The molecule has 0 aliphatic carbocycles. The maximum Gasteiger partial charge on any atom is 0.331 e. The van der Waals surface area contributed by atoms with E-state index in [9.17, 15) is 44.4 Å². The first-order valence-corrected chi connectivity index (χ1v) is 21.6. The molecule has 17 heteroatoms. The van der Waals surface area contributed by atoms with E-state index in [0.29, 0.717) is 5.57 Å². The third-order valence-corrected chi connectivity index (χ3v) is 12.5. The largest absolute Gasteiger partial charge is 0.466 e. The average Bonchev–Trinajstić information content (AvgIpc) is 3.58. The van der Waals surface area contributed by atoms with Gasteiger partial charge in [0.1, 0.15) is 18.3 Å². The minimum absolute atomic E-state index is 0.0667. The summed E-state index contributed by atoms with van der Waals surface area (Å²) in [6.45, 7) is 11.2. The number of carbonyl (C=O) groups excluding carboxylic acids is 5. The predicted molar refractivity (Wildman–Crippen MR) is 222 cm³/mol. The SMILES string of the molecule is CCC/C=C/C=C/C(=O)O[C@@H]1C2=CC(=O)O[C@@H]2[C@H]2C[C@H]([C@@H](C)O)OC(=O)C[C@H](O)C[C@@H]3C[C@H](OC(C)=O)C(C)(C)[C@](O)(C[C@@H]4C/C(=C/C(=O)OC)C[C@H](/C=C\C(C)(C)[C@]1(O)O2)O4)O3. The van der Waals surface area contributed by atoms with Crippen molar-refractivity contribution in [2.75, 3.05) is 7.11 Å². The third-order valence-electron chi connectivity index (χ3n) is 12.5. The van der Waals surface area contributed by atoms with Gasteiger partial charge in [0.15, 0.2) is 18.0 Å². The molecular weight excluding hydrogens is 824 g/mol. The van der Waals surface area contributed by atoms with Crippen LogP contribution < -0.4 is 0 Å². The number of cyclic esters (lactones) is 1. The monoisotopic (exact) mass is 888 g/mol. The van der Waals surface area contributed by atoms with Gasteiger partial charge in [0, 0.05) is 61.8 Å². The van der Waals surface area contributed by atoms with Crippen molar-refractivity contribution >= 4 is 29.8 Å². The predicted octanol–water partition coefficient (Wildman–Crippen LogP) is 3.64. The van der Waals surface area contributed by atoms with Gasteiger partial charge in [-0.05, 0) is 26.2 Å². The van der Waals surface area contributed by atoms with E-state index < -0.39 is 120 Å².